The van der Waals surface area contributed by atoms with Crippen molar-refractivity contribution in [2.24, 2.45) is 10.8 Å². The van der Waals surface area contributed by atoms with Crippen LogP contribution in [0.2, 0.25) is 0 Å². The number of carboxylic acid groups (broad SMARTS) is 6. The molecule has 0 aliphatic carbocycles. The molecule has 0 saturated heterocycles. The lowest BCUT2D eigenvalue weighted by Gasteiger charge is -2.41. The first-order chi connectivity index (χ1) is 18.0. The average Bonchev–Trinajstić information content (AvgIpc) is 2.77. The van der Waals surface area contributed by atoms with Gasteiger partial charge in [0.05, 0.1) is 0 Å². The van der Waals surface area contributed by atoms with Crippen LogP contribution in [0.5, 0.6) is 0 Å². The summed E-state index contributed by atoms with van der Waals surface area (Å²) < 4.78 is 0. The van der Waals surface area contributed by atoms with Gasteiger partial charge in [0.2, 0.25) is 0 Å². The highest BCUT2D eigenvalue weighted by Gasteiger charge is 2.42. The van der Waals surface area contributed by atoms with Gasteiger partial charge in [-0.1, -0.05) is 27.7 Å². The summed E-state index contributed by atoms with van der Waals surface area (Å²) in [6.07, 6.45) is -7.12. The van der Waals surface area contributed by atoms with Crippen molar-refractivity contribution in [3.05, 3.63) is 0 Å². The number of hydrogen-bond donors (Lipinski definition) is 11. The highest BCUT2D eigenvalue weighted by molar-refractivity contribution is 5.85. The molecule has 0 radical (unpaired) electrons. The summed E-state index contributed by atoms with van der Waals surface area (Å²) in [5.41, 5.74) is -2.32. The van der Waals surface area contributed by atoms with E-state index in [4.69, 9.17) is 10.2 Å². The molecule has 40 heavy (non-hydrogen) atoms. The number of carbonyl (C=O) groups is 6. The Morgan fingerprint density at radius 1 is 0.550 bits per heavy atom. The Kier molecular flexibility index (Phi) is 13.6. The quantitative estimate of drug-likeness (QED) is 0.0654. The van der Waals surface area contributed by atoms with Crippen molar-refractivity contribution in [3.8, 4) is 0 Å². The van der Waals surface area contributed by atoms with Crippen LogP contribution in [0.3, 0.4) is 0 Å². The molecule has 18 heteroatoms. The summed E-state index contributed by atoms with van der Waals surface area (Å²) >= 11 is 0. The van der Waals surface area contributed by atoms with Gasteiger partial charge in [-0.15, -0.1) is 0 Å². The van der Waals surface area contributed by atoms with E-state index in [1.807, 2.05) is 0 Å². The fraction of sp³-hybridized carbons (Fsp3) is 0.727. The number of nitrogens with one attached hydrogen (secondary N) is 2. The standard InChI is InChI=1S/C22H37N3O15/c1-21(2,5-23-9(15(29)30)12(26)18(35)36)7-25(11(17(33)34)14(28)20(39)40)8-22(3,4)6-24-10(16(31)32)13(27)19(37)38/h9-14,23-24,26-28H,5-8H2,1-4H3,(H,29,30)(H,31,32)(H,33,34)(H,35,36)(H,37,38)(H,39,40). The highest BCUT2D eigenvalue weighted by atomic mass is 16.4. The van der Waals surface area contributed by atoms with Gasteiger partial charge >= 0.3 is 35.8 Å². The number of aliphatic hydroxyl groups is 3. The molecule has 0 saturated carbocycles. The van der Waals surface area contributed by atoms with Crippen LogP contribution in [0.4, 0.5) is 0 Å². The fourth-order valence-electron chi connectivity index (χ4n) is 3.82. The van der Waals surface area contributed by atoms with Crippen molar-refractivity contribution < 1.29 is 74.7 Å². The second-order valence-corrected chi connectivity index (χ2v) is 10.8. The van der Waals surface area contributed by atoms with Crippen LogP contribution in [-0.4, -0.2) is 149 Å². The molecule has 0 aromatic heterocycles. The predicted octanol–water partition coefficient (Wildman–Crippen LogP) is -3.78. The average molecular weight is 584 g/mol. The molecule has 0 heterocycles. The van der Waals surface area contributed by atoms with Crippen molar-refractivity contribution >= 4 is 35.8 Å². The number of aliphatic carboxylic acids is 6. The molecule has 0 amide bonds. The van der Waals surface area contributed by atoms with Gasteiger partial charge in [-0.25, -0.2) is 14.4 Å². The van der Waals surface area contributed by atoms with E-state index < -0.39 is 83.1 Å². The van der Waals surface area contributed by atoms with E-state index in [1.54, 1.807) is 0 Å². The largest absolute Gasteiger partial charge is 0.480 e. The molecule has 230 valence electrons. The zero-order chi connectivity index (χ0) is 31.7. The summed E-state index contributed by atoms with van der Waals surface area (Å²) in [5.74, 6) is -10.7. The van der Waals surface area contributed by atoms with E-state index in [0.717, 1.165) is 4.90 Å². The van der Waals surface area contributed by atoms with Crippen LogP contribution in [0, 0.1) is 10.8 Å². The first-order valence-electron chi connectivity index (χ1n) is 11.7. The number of hydrogen-bond acceptors (Lipinski definition) is 12. The van der Waals surface area contributed by atoms with E-state index in [-0.39, 0.29) is 26.2 Å². The SMILES string of the molecule is CC(C)(CNC(C(=O)O)C(O)C(=O)O)CN(CC(C)(C)CNC(C(=O)O)C(O)C(=O)O)C(C(=O)O)C(O)C(=O)O. The highest BCUT2D eigenvalue weighted by Crippen LogP contribution is 2.25. The lowest BCUT2D eigenvalue weighted by atomic mass is 9.87. The molecule has 0 aromatic carbocycles. The maximum Gasteiger partial charge on any atom is 0.334 e. The third-order valence-corrected chi connectivity index (χ3v) is 5.73. The summed E-state index contributed by atoms with van der Waals surface area (Å²) in [7, 11) is 0. The van der Waals surface area contributed by atoms with Crippen LogP contribution >= 0.6 is 0 Å². The Hall–Kier alpha value is -3.42. The monoisotopic (exact) mass is 583 g/mol. The number of carboxylic acids is 6. The van der Waals surface area contributed by atoms with Gasteiger partial charge in [0.15, 0.2) is 18.3 Å². The molecule has 0 aliphatic rings. The Morgan fingerprint density at radius 3 is 1.07 bits per heavy atom. The molecule has 0 fully saturated rings. The van der Waals surface area contributed by atoms with Gasteiger partial charge in [-0.3, -0.25) is 19.3 Å². The zero-order valence-electron chi connectivity index (χ0n) is 22.2. The van der Waals surface area contributed by atoms with E-state index >= 15 is 0 Å². The molecular weight excluding hydrogens is 546 g/mol. The first-order valence-corrected chi connectivity index (χ1v) is 11.7. The molecule has 0 bridgehead atoms. The lowest BCUT2D eigenvalue weighted by molar-refractivity contribution is -0.163. The minimum atomic E-state index is -2.45. The minimum absolute atomic E-state index is 0.342. The maximum atomic E-state index is 12.0. The van der Waals surface area contributed by atoms with Crippen LogP contribution in [0.25, 0.3) is 0 Å². The summed E-state index contributed by atoms with van der Waals surface area (Å²) in [5, 5.41) is 89.7. The first kappa shape index (κ1) is 36.6. The molecule has 18 nitrogen and oxygen atoms in total. The lowest BCUT2D eigenvalue weighted by Crippen LogP contribution is -2.59. The van der Waals surface area contributed by atoms with Crippen LogP contribution in [0.1, 0.15) is 27.7 Å². The summed E-state index contributed by atoms with van der Waals surface area (Å²) in [4.78, 5) is 69.5. The van der Waals surface area contributed by atoms with E-state index in [2.05, 4.69) is 10.6 Å². The molecule has 6 unspecified atom stereocenters. The smallest absolute Gasteiger partial charge is 0.334 e. The van der Waals surface area contributed by atoms with Gasteiger partial charge in [0.1, 0.15) is 18.1 Å². The normalized spacial score (nSPS) is 16.8. The molecule has 11 N–H and O–H groups in total. The number of rotatable bonds is 20. The van der Waals surface area contributed by atoms with Gasteiger partial charge in [-0.05, 0) is 10.8 Å². The minimum Gasteiger partial charge on any atom is -0.480 e. The second kappa shape index (κ2) is 14.8. The summed E-state index contributed by atoms with van der Waals surface area (Å²) in [6.45, 7) is 4.48. The van der Waals surface area contributed by atoms with Crippen molar-refractivity contribution in [2.45, 2.75) is 64.1 Å². The topological polar surface area (TPSA) is 312 Å². The van der Waals surface area contributed by atoms with Crippen LogP contribution in [0.15, 0.2) is 0 Å². The molecule has 0 aliphatic heterocycles. The van der Waals surface area contributed by atoms with Gasteiger partial charge in [-0.2, -0.15) is 0 Å². The zero-order valence-corrected chi connectivity index (χ0v) is 22.2. The second-order valence-electron chi connectivity index (χ2n) is 10.8. The summed E-state index contributed by atoms with van der Waals surface area (Å²) in [6, 6.07) is -5.99. The van der Waals surface area contributed by atoms with Gasteiger partial charge in [0, 0.05) is 26.2 Å². The maximum absolute atomic E-state index is 12.0. The van der Waals surface area contributed by atoms with E-state index in [0.29, 0.717) is 0 Å². The molecular formula is C22H37N3O15. The molecule has 0 aromatic rings. The van der Waals surface area contributed by atoms with Crippen molar-refractivity contribution in [1.29, 1.82) is 0 Å². The van der Waals surface area contributed by atoms with E-state index in [1.165, 1.54) is 27.7 Å². The Balaban J connectivity index is 6.15. The van der Waals surface area contributed by atoms with Crippen molar-refractivity contribution in [1.82, 2.24) is 15.5 Å². The van der Waals surface area contributed by atoms with Crippen LogP contribution < -0.4 is 10.6 Å². The molecule has 0 rings (SSSR count). The molecule has 6 atom stereocenters. The van der Waals surface area contributed by atoms with Gasteiger partial charge < -0.3 is 56.6 Å². The Morgan fingerprint density at radius 2 is 0.850 bits per heavy atom. The number of aliphatic hydroxyl groups excluding tert-OH is 3. The van der Waals surface area contributed by atoms with Crippen LogP contribution in [-0.2, 0) is 28.8 Å². The Bertz CT molecular complexity index is 898. The Labute approximate surface area is 227 Å². The number of nitrogens with zero attached hydrogens (tertiary/aromatic N) is 1. The third kappa shape index (κ3) is 11.4. The predicted molar refractivity (Wildman–Crippen MR) is 130 cm³/mol. The third-order valence-electron chi connectivity index (χ3n) is 5.73. The van der Waals surface area contributed by atoms with E-state index in [9.17, 15) is 64.5 Å². The molecule has 0 spiro atoms. The van der Waals surface area contributed by atoms with Crippen molar-refractivity contribution in [3.63, 3.8) is 0 Å². The fourth-order valence-corrected chi connectivity index (χ4v) is 3.82. The van der Waals surface area contributed by atoms with Crippen molar-refractivity contribution in [2.75, 3.05) is 26.2 Å². The van der Waals surface area contributed by atoms with Gasteiger partial charge in [0.25, 0.3) is 0 Å².